The molecule has 1 atom stereocenters. The summed E-state index contributed by atoms with van der Waals surface area (Å²) in [6.07, 6.45) is 4.02. The molecule has 0 bridgehead atoms. The van der Waals surface area contributed by atoms with Crippen molar-refractivity contribution in [2.75, 3.05) is 0 Å². The molecule has 1 fully saturated rings. The number of hydrogen-bond acceptors (Lipinski definition) is 4. The van der Waals surface area contributed by atoms with Crippen LogP contribution in [0.1, 0.15) is 47.1 Å². The molecule has 4 nitrogen and oxygen atoms in total. The Bertz CT molecular complexity index is 603. The highest BCUT2D eigenvalue weighted by atomic mass is 32.1. The Morgan fingerprint density at radius 1 is 1.32 bits per heavy atom. The van der Waals surface area contributed by atoms with Gasteiger partial charge < -0.3 is 15.7 Å². The third-order valence-corrected chi connectivity index (χ3v) is 5.76. The monoisotopic (exact) mass is 336 g/mol. The lowest BCUT2D eigenvalue weighted by Crippen LogP contribution is -2.40. The maximum absolute atomic E-state index is 11.8. The van der Waals surface area contributed by atoms with Gasteiger partial charge in [0.1, 0.15) is 6.10 Å². The predicted molar refractivity (Wildman–Crippen MR) is 90.3 cm³/mol. The molecule has 2 heterocycles. The molecule has 1 unspecified atom stereocenters. The van der Waals surface area contributed by atoms with Crippen LogP contribution >= 0.6 is 22.7 Å². The Kier molecular flexibility index (Phi) is 5.12. The first-order valence-corrected chi connectivity index (χ1v) is 9.31. The van der Waals surface area contributed by atoms with Gasteiger partial charge in [-0.25, -0.2) is 4.79 Å². The molecule has 0 aromatic carbocycles. The van der Waals surface area contributed by atoms with Gasteiger partial charge in [0.05, 0.1) is 6.54 Å². The molecule has 2 aromatic rings. The van der Waals surface area contributed by atoms with Gasteiger partial charge >= 0.3 is 6.03 Å². The normalized spacial score (nSPS) is 16.6. The van der Waals surface area contributed by atoms with Crippen LogP contribution in [0.3, 0.4) is 0 Å². The van der Waals surface area contributed by atoms with E-state index in [4.69, 9.17) is 0 Å². The second-order valence-corrected chi connectivity index (χ2v) is 7.55. The summed E-state index contributed by atoms with van der Waals surface area (Å²) in [7, 11) is 0. The third kappa shape index (κ3) is 3.88. The third-order valence-electron chi connectivity index (χ3n) is 3.92. The summed E-state index contributed by atoms with van der Waals surface area (Å²) in [5.74, 6) is 0. The van der Waals surface area contributed by atoms with Crippen LogP contribution in [0.4, 0.5) is 4.79 Å². The second-order valence-electron chi connectivity index (χ2n) is 5.57. The molecule has 2 aromatic heterocycles. The van der Waals surface area contributed by atoms with Gasteiger partial charge in [-0.1, -0.05) is 12.8 Å². The lowest BCUT2D eigenvalue weighted by atomic mass is 10.2. The molecule has 118 valence electrons. The maximum atomic E-state index is 11.8. The molecule has 1 aliphatic carbocycles. The van der Waals surface area contributed by atoms with Gasteiger partial charge in [-0.2, -0.15) is 11.3 Å². The van der Waals surface area contributed by atoms with E-state index >= 15 is 0 Å². The number of urea groups is 1. The van der Waals surface area contributed by atoms with Crippen molar-refractivity contribution in [2.45, 2.75) is 44.4 Å². The first-order valence-electron chi connectivity index (χ1n) is 7.55. The van der Waals surface area contributed by atoms with Crippen molar-refractivity contribution in [3.8, 4) is 0 Å². The molecule has 0 spiro atoms. The number of thiophene rings is 2. The van der Waals surface area contributed by atoms with Crippen LogP contribution in [0.5, 0.6) is 0 Å². The first-order chi connectivity index (χ1) is 10.7. The summed E-state index contributed by atoms with van der Waals surface area (Å²) in [4.78, 5) is 13.8. The molecular formula is C16H20N2O2S2. The largest absolute Gasteiger partial charge is 0.383 e. The number of carbonyl (C=O) groups is 1. The second kappa shape index (κ2) is 7.26. The van der Waals surface area contributed by atoms with Crippen LogP contribution in [0.15, 0.2) is 29.0 Å². The molecule has 0 saturated heterocycles. The number of rotatable bonds is 5. The number of nitrogens with one attached hydrogen (secondary N) is 2. The molecule has 0 radical (unpaired) electrons. The fraction of sp³-hybridized carbons (Fsp3) is 0.438. The Morgan fingerprint density at radius 2 is 2.14 bits per heavy atom. The molecule has 3 N–H and O–H groups in total. The number of aliphatic hydroxyl groups is 1. The minimum Gasteiger partial charge on any atom is -0.383 e. The fourth-order valence-corrected chi connectivity index (χ4v) is 4.35. The molecule has 1 aliphatic rings. The molecule has 22 heavy (non-hydrogen) atoms. The smallest absolute Gasteiger partial charge is 0.315 e. The van der Waals surface area contributed by atoms with Crippen molar-refractivity contribution in [3.05, 3.63) is 44.3 Å². The zero-order chi connectivity index (χ0) is 15.4. The predicted octanol–water partition coefficient (Wildman–Crippen LogP) is 3.63. The highest BCUT2D eigenvalue weighted by Crippen LogP contribution is 2.29. The Labute approximate surface area is 138 Å². The van der Waals surface area contributed by atoms with E-state index in [-0.39, 0.29) is 6.03 Å². The molecule has 2 amide bonds. The summed E-state index contributed by atoms with van der Waals surface area (Å²) in [5, 5.41) is 20.1. The van der Waals surface area contributed by atoms with Crippen LogP contribution in [0, 0.1) is 0 Å². The highest BCUT2D eigenvalue weighted by Gasteiger charge is 2.17. The van der Waals surface area contributed by atoms with Crippen molar-refractivity contribution < 1.29 is 9.90 Å². The van der Waals surface area contributed by atoms with Gasteiger partial charge in [0.2, 0.25) is 0 Å². The Hall–Kier alpha value is -1.37. The lowest BCUT2D eigenvalue weighted by molar-refractivity contribution is 0.224. The molecule has 1 saturated carbocycles. The highest BCUT2D eigenvalue weighted by molar-refractivity contribution is 7.12. The van der Waals surface area contributed by atoms with Crippen LogP contribution < -0.4 is 10.6 Å². The van der Waals surface area contributed by atoms with Gasteiger partial charge in [-0.15, -0.1) is 11.3 Å². The van der Waals surface area contributed by atoms with Crippen molar-refractivity contribution >= 4 is 28.7 Å². The topological polar surface area (TPSA) is 61.4 Å². The van der Waals surface area contributed by atoms with E-state index in [1.807, 2.05) is 29.0 Å². The number of hydrogen-bond donors (Lipinski definition) is 3. The summed E-state index contributed by atoms with van der Waals surface area (Å²) < 4.78 is 0. The van der Waals surface area contributed by atoms with Crippen molar-refractivity contribution in [1.29, 1.82) is 0 Å². The van der Waals surface area contributed by atoms with Crippen molar-refractivity contribution in [2.24, 2.45) is 0 Å². The maximum Gasteiger partial charge on any atom is 0.315 e. The number of aliphatic hydroxyl groups excluding tert-OH is 1. The van der Waals surface area contributed by atoms with E-state index < -0.39 is 6.10 Å². The zero-order valence-electron chi connectivity index (χ0n) is 12.2. The van der Waals surface area contributed by atoms with E-state index in [1.165, 1.54) is 24.2 Å². The van der Waals surface area contributed by atoms with Gasteiger partial charge in [0, 0.05) is 15.8 Å². The van der Waals surface area contributed by atoms with Gasteiger partial charge in [-0.05, 0) is 47.4 Å². The zero-order valence-corrected chi connectivity index (χ0v) is 13.9. The fourth-order valence-electron chi connectivity index (χ4n) is 2.71. The van der Waals surface area contributed by atoms with Crippen LogP contribution in [0.2, 0.25) is 0 Å². The first kappa shape index (κ1) is 15.5. The SMILES string of the molecule is O=C(NCc1ccc(C(O)c2ccsc2)s1)NC1CCCC1. The van der Waals surface area contributed by atoms with Crippen LogP contribution in [0.25, 0.3) is 0 Å². The lowest BCUT2D eigenvalue weighted by Gasteiger charge is -2.12. The average molecular weight is 336 g/mol. The van der Waals surface area contributed by atoms with E-state index in [0.717, 1.165) is 28.2 Å². The standard InChI is InChI=1S/C16H20N2O2S2/c19-15(11-7-8-21-10-11)14-6-5-13(22-14)9-17-16(20)18-12-3-1-2-4-12/h5-8,10,12,15,19H,1-4,9H2,(H2,17,18,20). The van der Waals surface area contributed by atoms with E-state index in [0.29, 0.717) is 12.6 Å². The van der Waals surface area contributed by atoms with Gasteiger partial charge in [-0.3, -0.25) is 0 Å². The quantitative estimate of drug-likeness (QED) is 0.781. The molecular weight excluding hydrogens is 316 g/mol. The van der Waals surface area contributed by atoms with Crippen LogP contribution in [-0.2, 0) is 6.54 Å². The summed E-state index contributed by atoms with van der Waals surface area (Å²) >= 11 is 3.11. The molecule has 6 heteroatoms. The summed E-state index contributed by atoms with van der Waals surface area (Å²) in [5.41, 5.74) is 0.922. The number of amides is 2. The van der Waals surface area contributed by atoms with E-state index in [2.05, 4.69) is 10.6 Å². The van der Waals surface area contributed by atoms with Crippen LogP contribution in [-0.4, -0.2) is 17.2 Å². The van der Waals surface area contributed by atoms with Gasteiger partial charge in [0.15, 0.2) is 0 Å². The Morgan fingerprint density at radius 3 is 2.86 bits per heavy atom. The van der Waals surface area contributed by atoms with Crippen molar-refractivity contribution in [3.63, 3.8) is 0 Å². The average Bonchev–Trinajstić information content (AvgIpc) is 3.26. The minimum atomic E-state index is -0.572. The van der Waals surface area contributed by atoms with Gasteiger partial charge in [0.25, 0.3) is 0 Å². The minimum absolute atomic E-state index is 0.0970. The summed E-state index contributed by atoms with van der Waals surface area (Å²) in [6, 6.07) is 6.06. The Balaban J connectivity index is 1.50. The molecule has 3 rings (SSSR count). The summed E-state index contributed by atoms with van der Waals surface area (Å²) in [6.45, 7) is 0.500. The van der Waals surface area contributed by atoms with E-state index in [9.17, 15) is 9.90 Å². The van der Waals surface area contributed by atoms with Crippen molar-refractivity contribution in [1.82, 2.24) is 10.6 Å². The van der Waals surface area contributed by atoms with E-state index in [1.54, 1.807) is 11.3 Å². The number of carbonyl (C=O) groups excluding carboxylic acids is 1. The molecule has 0 aliphatic heterocycles.